The molecule has 0 spiro atoms. The normalized spacial score (nSPS) is 14.8. The fourth-order valence-corrected chi connectivity index (χ4v) is 2.73. The van der Waals surface area contributed by atoms with Crippen LogP contribution in [-0.2, 0) is 6.54 Å². The van der Waals surface area contributed by atoms with Crippen molar-refractivity contribution < 1.29 is 23.7 Å². The van der Waals surface area contributed by atoms with Gasteiger partial charge in [0, 0.05) is 6.54 Å². The highest BCUT2D eigenvalue weighted by Crippen LogP contribution is 2.34. The molecule has 2 aliphatic rings. The summed E-state index contributed by atoms with van der Waals surface area (Å²) in [6, 6.07) is 11.0. The third-order valence-corrected chi connectivity index (χ3v) is 3.87. The lowest BCUT2D eigenvalue weighted by atomic mass is 10.1. The Hall–Kier alpha value is -2.89. The number of hydrogen-bond acceptors (Lipinski definition) is 5. The van der Waals surface area contributed by atoms with Crippen molar-refractivity contribution in [3.05, 3.63) is 47.5 Å². The quantitative estimate of drug-likeness (QED) is 0.936. The predicted molar refractivity (Wildman–Crippen MR) is 86.0 cm³/mol. The van der Waals surface area contributed by atoms with Gasteiger partial charge in [-0.3, -0.25) is 4.79 Å². The van der Waals surface area contributed by atoms with E-state index in [9.17, 15) is 4.79 Å². The molecule has 2 aromatic rings. The minimum atomic E-state index is -0.202. The molecular weight excluding hydrogens is 310 g/mol. The van der Waals surface area contributed by atoms with Crippen LogP contribution in [0.4, 0.5) is 0 Å². The Balaban J connectivity index is 1.47. The first kappa shape index (κ1) is 14.7. The summed E-state index contributed by atoms with van der Waals surface area (Å²) < 4.78 is 22.1. The number of fused-ring (bicyclic) bond motifs is 2. The molecule has 0 bridgehead atoms. The van der Waals surface area contributed by atoms with Crippen molar-refractivity contribution >= 4 is 5.91 Å². The second kappa shape index (κ2) is 6.31. The molecule has 0 saturated carbocycles. The number of amides is 1. The topological polar surface area (TPSA) is 66.0 Å². The van der Waals surface area contributed by atoms with Crippen LogP contribution in [0.5, 0.6) is 23.0 Å². The van der Waals surface area contributed by atoms with Crippen LogP contribution in [0, 0.1) is 0 Å². The molecule has 0 aliphatic carbocycles. The van der Waals surface area contributed by atoms with Crippen molar-refractivity contribution in [1.29, 1.82) is 0 Å². The second-order valence-electron chi connectivity index (χ2n) is 5.49. The molecule has 2 heterocycles. The lowest BCUT2D eigenvalue weighted by molar-refractivity contribution is 0.0939. The lowest BCUT2D eigenvalue weighted by Gasteiger charge is -2.21. The Morgan fingerprint density at radius 2 is 1.62 bits per heavy atom. The van der Waals surface area contributed by atoms with E-state index in [4.69, 9.17) is 18.9 Å². The number of nitrogens with one attached hydrogen (secondary N) is 1. The molecule has 0 fully saturated rings. The van der Waals surface area contributed by atoms with Crippen molar-refractivity contribution in [2.75, 3.05) is 26.4 Å². The molecule has 0 atom stereocenters. The molecule has 2 aromatic carbocycles. The predicted octanol–water partition coefficient (Wildman–Crippen LogP) is 2.16. The first-order chi connectivity index (χ1) is 11.8. The van der Waals surface area contributed by atoms with Crippen LogP contribution in [0.25, 0.3) is 0 Å². The van der Waals surface area contributed by atoms with Gasteiger partial charge in [0.05, 0.1) is 5.56 Å². The minimum absolute atomic E-state index is 0.202. The highest BCUT2D eigenvalue weighted by Gasteiger charge is 2.20. The summed E-state index contributed by atoms with van der Waals surface area (Å²) in [7, 11) is 0. The van der Waals surface area contributed by atoms with Crippen LogP contribution in [0.2, 0.25) is 0 Å². The van der Waals surface area contributed by atoms with Gasteiger partial charge in [-0.15, -0.1) is 0 Å². The third-order valence-electron chi connectivity index (χ3n) is 3.87. The smallest absolute Gasteiger partial charge is 0.255 e. The molecule has 0 saturated heterocycles. The summed E-state index contributed by atoms with van der Waals surface area (Å²) in [6.45, 7) is 2.43. The molecular formula is C18H17NO5. The van der Waals surface area contributed by atoms with Crippen molar-refractivity contribution in [2.24, 2.45) is 0 Å². The maximum absolute atomic E-state index is 12.5. The highest BCUT2D eigenvalue weighted by molar-refractivity contribution is 5.97. The van der Waals surface area contributed by atoms with E-state index >= 15 is 0 Å². The molecule has 0 radical (unpaired) electrons. The molecule has 0 aromatic heterocycles. The van der Waals surface area contributed by atoms with E-state index in [-0.39, 0.29) is 5.91 Å². The van der Waals surface area contributed by atoms with Gasteiger partial charge in [0.15, 0.2) is 23.0 Å². The van der Waals surface area contributed by atoms with Crippen LogP contribution >= 0.6 is 0 Å². The summed E-state index contributed by atoms with van der Waals surface area (Å²) >= 11 is 0. The van der Waals surface area contributed by atoms with Crippen LogP contribution in [0.3, 0.4) is 0 Å². The molecule has 1 N–H and O–H groups in total. The van der Waals surface area contributed by atoms with Crippen LogP contribution in [0.1, 0.15) is 15.9 Å². The Morgan fingerprint density at radius 1 is 0.875 bits per heavy atom. The van der Waals surface area contributed by atoms with E-state index < -0.39 is 0 Å². The molecule has 4 rings (SSSR count). The molecule has 2 aliphatic heterocycles. The summed E-state index contributed by atoms with van der Waals surface area (Å²) in [4.78, 5) is 12.5. The zero-order valence-electron chi connectivity index (χ0n) is 13.0. The lowest BCUT2D eigenvalue weighted by Crippen LogP contribution is -2.25. The average molecular weight is 327 g/mol. The first-order valence-electron chi connectivity index (χ1n) is 7.86. The second-order valence-corrected chi connectivity index (χ2v) is 5.49. The third kappa shape index (κ3) is 2.82. The number of carbonyl (C=O) groups excluding carboxylic acids is 1. The average Bonchev–Trinajstić information content (AvgIpc) is 2.65. The van der Waals surface area contributed by atoms with E-state index in [2.05, 4.69) is 5.32 Å². The Bertz CT molecular complexity index is 774. The van der Waals surface area contributed by atoms with Crippen molar-refractivity contribution in [3.8, 4) is 23.0 Å². The van der Waals surface area contributed by atoms with Gasteiger partial charge in [0.1, 0.15) is 26.4 Å². The van der Waals surface area contributed by atoms with Gasteiger partial charge in [0.25, 0.3) is 5.91 Å². The number of carbonyl (C=O) groups is 1. The maximum atomic E-state index is 12.5. The largest absolute Gasteiger partial charge is 0.486 e. The summed E-state index contributed by atoms with van der Waals surface area (Å²) in [6.07, 6.45) is 0. The van der Waals surface area contributed by atoms with Crippen molar-refractivity contribution in [3.63, 3.8) is 0 Å². The summed E-state index contributed by atoms with van der Waals surface area (Å²) in [5, 5.41) is 2.90. The summed E-state index contributed by atoms with van der Waals surface area (Å²) in [5.41, 5.74) is 1.42. The molecule has 24 heavy (non-hydrogen) atoms. The Morgan fingerprint density at radius 3 is 2.50 bits per heavy atom. The van der Waals surface area contributed by atoms with E-state index in [0.717, 1.165) is 11.3 Å². The fraction of sp³-hybridized carbons (Fsp3) is 0.278. The van der Waals surface area contributed by atoms with E-state index in [1.54, 1.807) is 18.2 Å². The van der Waals surface area contributed by atoms with Gasteiger partial charge in [0.2, 0.25) is 0 Å². The number of benzene rings is 2. The fourth-order valence-electron chi connectivity index (χ4n) is 2.73. The zero-order valence-corrected chi connectivity index (χ0v) is 13.0. The molecule has 0 unspecified atom stereocenters. The van der Waals surface area contributed by atoms with E-state index in [1.165, 1.54) is 0 Å². The van der Waals surface area contributed by atoms with Gasteiger partial charge < -0.3 is 24.3 Å². The number of hydrogen-bond donors (Lipinski definition) is 1. The monoisotopic (exact) mass is 327 g/mol. The Labute approximate surface area is 139 Å². The molecule has 1 amide bonds. The molecule has 6 heteroatoms. The zero-order chi connectivity index (χ0) is 16.4. The van der Waals surface area contributed by atoms with E-state index in [0.29, 0.717) is 55.8 Å². The van der Waals surface area contributed by atoms with Crippen LogP contribution in [0.15, 0.2) is 36.4 Å². The number of ether oxygens (including phenoxy) is 4. The van der Waals surface area contributed by atoms with Gasteiger partial charge in [-0.2, -0.15) is 0 Å². The number of para-hydroxylation sites is 1. The SMILES string of the molecule is O=C(NCc1ccc2c(c1)OCCO2)c1cccc2c1OCCO2. The van der Waals surface area contributed by atoms with Crippen LogP contribution in [-0.4, -0.2) is 32.3 Å². The van der Waals surface area contributed by atoms with E-state index in [1.807, 2.05) is 18.2 Å². The standard InChI is InChI=1S/C18H17NO5/c20-18(13-2-1-3-15-17(13)24-9-8-22-15)19-11-12-4-5-14-16(10-12)23-7-6-21-14/h1-5,10H,6-9,11H2,(H,19,20). The first-order valence-corrected chi connectivity index (χ1v) is 7.86. The van der Waals surface area contributed by atoms with Gasteiger partial charge in [-0.25, -0.2) is 0 Å². The molecule has 6 nitrogen and oxygen atoms in total. The van der Waals surface area contributed by atoms with Crippen LogP contribution < -0.4 is 24.3 Å². The highest BCUT2D eigenvalue weighted by atomic mass is 16.6. The number of rotatable bonds is 3. The van der Waals surface area contributed by atoms with Gasteiger partial charge in [-0.05, 0) is 29.8 Å². The minimum Gasteiger partial charge on any atom is -0.486 e. The Kier molecular flexibility index (Phi) is 3.86. The van der Waals surface area contributed by atoms with Gasteiger partial charge in [-0.1, -0.05) is 12.1 Å². The van der Waals surface area contributed by atoms with Gasteiger partial charge >= 0.3 is 0 Å². The summed E-state index contributed by atoms with van der Waals surface area (Å²) in [5.74, 6) is 2.35. The van der Waals surface area contributed by atoms with Crippen molar-refractivity contribution in [2.45, 2.75) is 6.54 Å². The van der Waals surface area contributed by atoms with Crippen molar-refractivity contribution in [1.82, 2.24) is 5.32 Å². The molecule has 124 valence electrons. The maximum Gasteiger partial charge on any atom is 0.255 e.